The number of hydrogen-bond acceptors (Lipinski definition) is 3. The van der Waals surface area contributed by atoms with Crippen LogP contribution in [0.4, 0.5) is 0 Å². The summed E-state index contributed by atoms with van der Waals surface area (Å²) in [5.74, 6) is 2.11. The second-order valence-corrected chi connectivity index (χ2v) is 4.60. The topological polar surface area (TPSA) is 27.7 Å². The molecule has 1 saturated heterocycles. The zero-order valence-corrected chi connectivity index (χ0v) is 11.1. The van der Waals surface area contributed by atoms with E-state index in [0.717, 1.165) is 12.8 Å². The maximum Gasteiger partial charge on any atom is 0.171 e. The van der Waals surface area contributed by atoms with Crippen LogP contribution in [0, 0.1) is 12.3 Å². The Balaban J connectivity index is 1.72. The van der Waals surface area contributed by atoms with Crippen LogP contribution < -0.4 is 0 Å². The molecule has 1 heterocycles. The monoisotopic (exact) mass is 260 g/mol. The standard InChI is InChI=1S/C16H20O3/c1-2-3-9-16(18-12-13-19-16)10-11-17-14-15-7-5-4-6-8-15/h1,4-8H,3,9-14H2. The van der Waals surface area contributed by atoms with Crippen molar-refractivity contribution in [2.45, 2.75) is 31.7 Å². The van der Waals surface area contributed by atoms with Crippen LogP contribution in [0.25, 0.3) is 0 Å². The summed E-state index contributed by atoms with van der Waals surface area (Å²) in [6.07, 6.45) is 7.43. The van der Waals surface area contributed by atoms with Crippen molar-refractivity contribution < 1.29 is 14.2 Å². The molecule has 0 aromatic heterocycles. The molecule has 102 valence electrons. The molecular formula is C16H20O3. The third-order valence-corrected chi connectivity index (χ3v) is 3.20. The van der Waals surface area contributed by atoms with E-state index in [0.29, 0.717) is 32.8 Å². The fourth-order valence-electron chi connectivity index (χ4n) is 2.17. The van der Waals surface area contributed by atoms with Gasteiger partial charge < -0.3 is 14.2 Å². The Kier molecular flexibility index (Phi) is 5.41. The first-order valence-electron chi connectivity index (χ1n) is 6.68. The number of rotatable bonds is 7. The van der Waals surface area contributed by atoms with E-state index in [1.54, 1.807) is 0 Å². The van der Waals surface area contributed by atoms with Crippen LogP contribution >= 0.6 is 0 Å². The van der Waals surface area contributed by atoms with Gasteiger partial charge in [0.15, 0.2) is 5.79 Å². The molecule has 0 radical (unpaired) electrons. The Labute approximate surface area is 114 Å². The second-order valence-electron chi connectivity index (χ2n) is 4.60. The van der Waals surface area contributed by atoms with Gasteiger partial charge in [0.25, 0.3) is 0 Å². The van der Waals surface area contributed by atoms with E-state index in [9.17, 15) is 0 Å². The van der Waals surface area contributed by atoms with Crippen molar-refractivity contribution in [3.63, 3.8) is 0 Å². The Hall–Kier alpha value is -1.34. The highest BCUT2D eigenvalue weighted by atomic mass is 16.7. The first-order chi connectivity index (χ1) is 9.35. The van der Waals surface area contributed by atoms with E-state index >= 15 is 0 Å². The van der Waals surface area contributed by atoms with Crippen LogP contribution in [-0.4, -0.2) is 25.6 Å². The largest absolute Gasteiger partial charge is 0.377 e. The minimum Gasteiger partial charge on any atom is -0.377 e. The van der Waals surface area contributed by atoms with Gasteiger partial charge >= 0.3 is 0 Å². The van der Waals surface area contributed by atoms with Crippen molar-refractivity contribution in [1.29, 1.82) is 0 Å². The number of hydrogen-bond donors (Lipinski definition) is 0. The zero-order valence-electron chi connectivity index (χ0n) is 11.1. The van der Waals surface area contributed by atoms with Gasteiger partial charge in [-0.1, -0.05) is 30.3 Å². The van der Waals surface area contributed by atoms with Gasteiger partial charge in [0, 0.05) is 19.3 Å². The predicted molar refractivity (Wildman–Crippen MR) is 73.4 cm³/mol. The van der Waals surface area contributed by atoms with Crippen LogP contribution in [0.3, 0.4) is 0 Å². The minimum atomic E-state index is -0.525. The third kappa shape index (κ3) is 4.36. The van der Waals surface area contributed by atoms with E-state index in [2.05, 4.69) is 18.1 Å². The van der Waals surface area contributed by atoms with Gasteiger partial charge in [-0.2, -0.15) is 0 Å². The smallest absolute Gasteiger partial charge is 0.171 e. The molecule has 1 fully saturated rings. The number of benzene rings is 1. The summed E-state index contributed by atoms with van der Waals surface area (Å²) in [7, 11) is 0. The molecule has 1 aliphatic rings. The number of terminal acetylenes is 1. The van der Waals surface area contributed by atoms with E-state index < -0.39 is 5.79 Å². The minimum absolute atomic E-state index is 0.525. The van der Waals surface area contributed by atoms with E-state index in [4.69, 9.17) is 20.6 Å². The molecule has 2 rings (SSSR count). The summed E-state index contributed by atoms with van der Waals surface area (Å²) < 4.78 is 17.1. The van der Waals surface area contributed by atoms with Crippen molar-refractivity contribution >= 4 is 0 Å². The van der Waals surface area contributed by atoms with Gasteiger partial charge in [-0.25, -0.2) is 0 Å². The average Bonchev–Trinajstić information content (AvgIpc) is 2.92. The maximum atomic E-state index is 5.70. The van der Waals surface area contributed by atoms with E-state index in [1.165, 1.54) is 5.56 Å². The summed E-state index contributed by atoms with van der Waals surface area (Å²) in [5, 5.41) is 0. The normalized spacial score (nSPS) is 17.2. The molecule has 0 saturated carbocycles. The van der Waals surface area contributed by atoms with Crippen molar-refractivity contribution in [3.05, 3.63) is 35.9 Å². The first kappa shape index (κ1) is 14.1. The predicted octanol–water partition coefficient (Wildman–Crippen LogP) is 2.75. The third-order valence-electron chi connectivity index (χ3n) is 3.20. The van der Waals surface area contributed by atoms with Gasteiger partial charge in [-0.15, -0.1) is 12.3 Å². The van der Waals surface area contributed by atoms with Gasteiger partial charge in [0.1, 0.15) is 0 Å². The molecular weight excluding hydrogens is 240 g/mol. The Bertz CT molecular complexity index is 402. The van der Waals surface area contributed by atoms with Crippen molar-refractivity contribution in [2.75, 3.05) is 19.8 Å². The molecule has 0 spiro atoms. The van der Waals surface area contributed by atoms with Gasteiger partial charge in [-0.05, 0) is 5.56 Å². The highest BCUT2D eigenvalue weighted by Crippen LogP contribution is 2.28. The Morgan fingerprint density at radius 3 is 2.58 bits per heavy atom. The summed E-state index contributed by atoms with van der Waals surface area (Å²) in [4.78, 5) is 0. The van der Waals surface area contributed by atoms with Crippen LogP contribution in [0.15, 0.2) is 30.3 Å². The first-order valence-corrected chi connectivity index (χ1v) is 6.68. The lowest BCUT2D eigenvalue weighted by Crippen LogP contribution is -2.31. The summed E-state index contributed by atoms with van der Waals surface area (Å²) >= 11 is 0. The van der Waals surface area contributed by atoms with Crippen molar-refractivity contribution in [2.24, 2.45) is 0 Å². The van der Waals surface area contributed by atoms with E-state index in [1.807, 2.05) is 18.2 Å². The lowest BCUT2D eigenvalue weighted by atomic mass is 10.1. The highest BCUT2D eigenvalue weighted by Gasteiger charge is 2.35. The zero-order chi connectivity index (χ0) is 13.4. The fourth-order valence-corrected chi connectivity index (χ4v) is 2.17. The number of ether oxygens (including phenoxy) is 3. The van der Waals surface area contributed by atoms with Crippen molar-refractivity contribution in [3.8, 4) is 12.3 Å². The van der Waals surface area contributed by atoms with Crippen LogP contribution in [0.1, 0.15) is 24.8 Å². The van der Waals surface area contributed by atoms with Crippen molar-refractivity contribution in [1.82, 2.24) is 0 Å². The molecule has 3 heteroatoms. The molecule has 1 aliphatic heterocycles. The Morgan fingerprint density at radius 2 is 1.89 bits per heavy atom. The summed E-state index contributed by atoms with van der Waals surface area (Å²) in [6, 6.07) is 10.1. The summed E-state index contributed by atoms with van der Waals surface area (Å²) in [6.45, 7) is 2.51. The maximum absolute atomic E-state index is 5.70. The lowest BCUT2D eigenvalue weighted by Gasteiger charge is -2.26. The average molecular weight is 260 g/mol. The van der Waals surface area contributed by atoms with Crippen LogP contribution in [0.5, 0.6) is 0 Å². The molecule has 0 atom stereocenters. The fraction of sp³-hybridized carbons (Fsp3) is 0.500. The summed E-state index contributed by atoms with van der Waals surface area (Å²) in [5.41, 5.74) is 1.17. The molecule has 0 N–H and O–H groups in total. The molecule has 0 unspecified atom stereocenters. The lowest BCUT2D eigenvalue weighted by molar-refractivity contribution is -0.174. The SMILES string of the molecule is C#CCCC1(CCOCc2ccccc2)OCCO1. The molecule has 19 heavy (non-hydrogen) atoms. The quantitative estimate of drug-likeness (QED) is 0.557. The highest BCUT2D eigenvalue weighted by molar-refractivity contribution is 5.13. The molecule has 1 aromatic carbocycles. The molecule has 0 amide bonds. The molecule has 3 nitrogen and oxygen atoms in total. The Morgan fingerprint density at radius 1 is 1.16 bits per heavy atom. The van der Waals surface area contributed by atoms with Crippen LogP contribution in [-0.2, 0) is 20.8 Å². The van der Waals surface area contributed by atoms with Gasteiger partial charge in [-0.3, -0.25) is 0 Å². The van der Waals surface area contributed by atoms with E-state index in [-0.39, 0.29) is 0 Å². The van der Waals surface area contributed by atoms with Gasteiger partial charge in [0.2, 0.25) is 0 Å². The van der Waals surface area contributed by atoms with Crippen LogP contribution in [0.2, 0.25) is 0 Å². The van der Waals surface area contributed by atoms with Gasteiger partial charge in [0.05, 0.1) is 26.4 Å². The second kappa shape index (κ2) is 7.30. The molecule has 0 aliphatic carbocycles. The molecule has 0 bridgehead atoms. The molecule has 1 aromatic rings.